The third-order valence-corrected chi connectivity index (χ3v) is 9.64. The molecule has 0 spiro atoms. The molecule has 0 bridgehead atoms. The molecule has 48 heavy (non-hydrogen) atoms. The van der Waals surface area contributed by atoms with E-state index in [2.05, 4.69) is 52.1 Å². The molecule has 252 valence electrons. The highest BCUT2D eigenvalue weighted by Gasteiger charge is 2.30. The van der Waals surface area contributed by atoms with Gasteiger partial charge in [0.1, 0.15) is 24.8 Å². The Labute approximate surface area is 282 Å². The molecule has 3 aliphatic rings. The van der Waals surface area contributed by atoms with Crippen molar-refractivity contribution in [3.63, 3.8) is 0 Å². The van der Waals surface area contributed by atoms with Gasteiger partial charge in [-0.15, -0.1) is 0 Å². The van der Waals surface area contributed by atoms with E-state index in [0.29, 0.717) is 51.4 Å². The molecule has 11 heteroatoms. The van der Waals surface area contributed by atoms with Crippen molar-refractivity contribution < 1.29 is 23.7 Å². The zero-order valence-electron chi connectivity index (χ0n) is 27.8. The van der Waals surface area contributed by atoms with Gasteiger partial charge in [-0.25, -0.2) is 4.79 Å². The summed E-state index contributed by atoms with van der Waals surface area (Å²) in [5.74, 6) is 1.68. The third-order valence-electron chi connectivity index (χ3n) is 9.64. The number of benzene rings is 3. The number of methoxy groups -OCH3 is 1. The second-order valence-corrected chi connectivity index (χ2v) is 12.7. The molecule has 11 nitrogen and oxygen atoms in total. The number of likely N-dealkylation sites (tertiary alicyclic amines) is 1. The molecule has 4 heterocycles. The van der Waals surface area contributed by atoms with E-state index in [-0.39, 0.29) is 19.5 Å². The molecule has 1 aromatic heterocycles. The summed E-state index contributed by atoms with van der Waals surface area (Å²) in [6.45, 7) is 5.94. The molecule has 0 unspecified atom stereocenters. The van der Waals surface area contributed by atoms with Crippen LogP contribution >= 0.6 is 0 Å². The fourth-order valence-electron chi connectivity index (χ4n) is 6.93. The first-order valence-corrected chi connectivity index (χ1v) is 16.9. The highest BCUT2D eigenvalue weighted by molar-refractivity contribution is 5.95. The largest absolute Gasteiger partial charge is 0.467 e. The molecule has 0 aliphatic carbocycles. The number of hydrogen-bond donors (Lipinski definition) is 0. The van der Waals surface area contributed by atoms with Gasteiger partial charge in [0.05, 0.1) is 12.2 Å². The average Bonchev–Trinajstić information content (AvgIpc) is 3.55. The Morgan fingerprint density at radius 3 is 2.50 bits per heavy atom. The molecule has 0 N–H and O–H groups in total. The van der Waals surface area contributed by atoms with Gasteiger partial charge in [-0.2, -0.15) is 9.97 Å². The van der Waals surface area contributed by atoms with Crippen LogP contribution in [-0.2, 0) is 29.0 Å². The summed E-state index contributed by atoms with van der Waals surface area (Å²) >= 11 is 0. The smallest absolute Gasteiger partial charge is 0.410 e. The first kappa shape index (κ1) is 32.0. The minimum absolute atomic E-state index is 0.187. The Balaban J connectivity index is 1.12. The summed E-state index contributed by atoms with van der Waals surface area (Å²) in [6, 6.07) is 23.1. The Kier molecular flexibility index (Phi) is 9.76. The summed E-state index contributed by atoms with van der Waals surface area (Å²) in [7, 11) is 3.78. The molecule has 1 atom stereocenters. The molecular formula is C37H44N6O5. The molecule has 2 saturated heterocycles. The van der Waals surface area contributed by atoms with Gasteiger partial charge in [0.15, 0.2) is 6.79 Å². The summed E-state index contributed by atoms with van der Waals surface area (Å²) < 4.78 is 23.0. The number of nitrogens with zero attached hydrogens (tertiary/aromatic N) is 6. The fourth-order valence-corrected chi connectivity index (χ4v) is 6.93. The van der Waals surface area contributed by atoms with Crippen molar-refractivity contribution >= 4 is 28.4 Å². The molecule has 0 radical (unpaired) electrons. The van der Waals surface area contributed by atoms with E-state index in [1.807, 2.05) is 36.4 Å². The van der Waals surface area contributed by atoms with E-state index in [0.717, 1.165) is 70.8 Å². The van der Waals surface area contributed by atoms with Crippen LogP contribution in [0.4, 0.5) is 16.3 Å². The maximum absolute atomic E-state index is 12.9. The van der Waals surface area contributed by atoms with Gasteiger partial charge in [0, 0.05) is 68.6 Å². The van der Waals surface area contributed by atoms with Crippen LogP contribution < -0.4 is 19.3 Å². The molecule has 3 aromatic carbocycles. The Hall–Kier alpha value is -4.61. The third kappa shape index (κ3) is 7.12. The van der Waals surface area contributed by atoms with Crippen LogP contribution in [0.3, 0.4) is 0 Å². The monoisotopic (exact) mass is 652 g/mol. The van der Waals surface area contributed by atoms with Crippen molar-refractivity contribution in [3.8, 4) is 11.8 Å². The van der Waals surface area contributed by atoms with Crippen LogP contribution in [0.25, 0.3) is 10.8 Å². The molecule has 7 rings (SSSR count). The number of ether oxygens (including phenoxy) is 4. The second kappa shape index (κ2) is 14.7. The van der Waals surface area contributed by atoms with Crippen LogP contribution in [0.1, 0.15) is 29.7 Å². The van der Waals surface area contributed by atoms with Crippen molar-refractivity contribution in [2.75, 3.05) is 76.6 Å². The number of carbonyl (C=O) groups excluding carboxylic acids is 1. The summed E-state index contributed by atoms with van der Waals surface area (Å²) in [6.07, 6.45) is 2.79. The predicted molar refractivity (Wildman–Crippen MR) is 185 cm³/mol. The zero-order chi connectivity index (χ0) is 32.9. The number of rotatable bonds is 10. The maximum Gasteiger partial charge on any atom is 0.410 e. The molecule has 3 aliphatic heterocycles. The number of aromatic nitrogens is 2. The second-order valence-electron chi connectivity index (χ2n) is 12.7. The van der Waals surface area contributed by atoms with E-state index in [4.69, 9.17) is 28.9 Å². The van der Waals surface area contributed by atoms with E-state index < -0.39 is 0 Å². The van der Waals surface area contributed by atoms with Crippen molar-refractivity contribution in [1.29, 1.82) is 0 Å². The Morgan fingerprint density at radius 2 is 1.71 bits per heavy atom. The average molecular weight is 653 g/mol. The highest BCUT2D eigenvalue weighted by atomic mass is 16.7. The molecule has 0 saturated carbocycles. The van der Waals surface area contributed by atoms with Gasteiger partial charge in [-0.1, -0.05) is 54.6 Å². The number of amides is 1. The van der Waals surface area contributed by atoms with Crippen LogP contribution in [0.2, 0.25) is 0 Å². The Morgan fingerprint density at radius 1 is 0.896 bits per heavy atom. The lowest BCUT2D eigenvalue weighted by molar-refractivity contribution is 0.0512. The lowest BCUT2D eigenvalue weighted by atomic mass is 10.0. The first-order chi connectivity index (χ1) is 23.6. The molecule has 4 aromatic rings. The summed E-state index contributed by atoms with van der Waals surface area (Å²) in [5.41, 5.74) is 4.19. The SMILES string of the molecule is COCOc1cc(N2CCc3c(nc(OC[C@@H]4CCCN4C)nc3N3CCN(C(=O)OCc4ccccc4)CC3)C2)c2ccccc2c1. The van der Waals surface area contributed by atoms with Gasteiger partial charge in [-0.3, -0.25) is 0 Å². The van der Waals surface area contributed by atoms with Gasteiger partial charge in [-0.05, 0) is 49.9 Å². The van der Waals surface area contributed by atoms with Crippen LogP contribution in [0, 0.1) is 0 Å². The minimum Gasteiger partial charge on any atom is -0.467 e. The van der Waals surface area contributed by atoms with Crippen molar-refractivity contribution in [2.24, 2.45) is 0 Å². The summed E-state index contributed by atoms with van der Waals surface area (Å²) in [5, 5.41) is 2.27. The predicted octanol–water partition coefficient (Wildman–Crippen LogP) is 5.11. The molecule has 2 fully saturated rings. The topological polar surface area (TPSA) is 92.7 Å². The highest BCUT2D eigenvalue weighted by Crippen LogP contribution is 2.37. The van der Waals surface area contributed by atoms with E-state index >= 15 is 0 Å². The molecule has 1 amide bonds. The number of fused-ring (bicyclic) bond motifs is 2. The van der Waals surface area contributed by atoms with Crippen LogP contribution in [0.15, 0.2) is 66.7 Å². The van der Waals surface area contributed by atoms with Crippen molar-refractivity contribution in [3.05, 3.63) is 83.6 Å². The first-order valence-electron chi connectivity index (χ1n) is 16.9. The number of likely N-dealkylation sites (N-methyl/N-ethyl adjacent to an activating group) is 1. The quantitative estimate of drug-likeness (QED) is 0.215. The fraction of sp³-hybridized carbons (Fsp3) is 0.432. The van der Waals surface area contributed by atoms with Gasteiger partial charge < -0.3 is 38.5 Å². The van der Waals surface area contributed by atoms with E-state index in [1.165, 1.54) is 6.42 Å². The van der Waals surface area contributed by atoms with Crippen molar-refractivity contribution in [2.45, 2.75) is 38.5 Å². The number of carbonyl (C=O) groups is 1. The van der Waals surface area contributed by atoms with E-state index in [9.17, 15) is 4.79 Å². The lowest BCUT2D eigenvalue weighted by Crippen LogP contribution is -2.49. The molecular weight excluding hydrogens is 608 g/mol. The number of hydrogen-bond acceptors (Lipinski definition) is 10. The lowest BCUT2D eigenvalue weighted by Gasteiger charge is -2.38. The minimum atomic E-state index is -0.285. The zero-order valence-corrected chi connectivity index (χ0v) is 27.8. The maximum atomic E-state index is 12.9. The van der Waals surface area contributed by atoms with E-state index in [1.54, 1.807) is 12.0 Å². The van der Waals surface area contributed by atoms with Crippen LogP contribution in [0.5, 0.6) is 11.8 Å². The normalized spacial score (nSPS) is 18.2. The number of piperazine rings is 1. The van der Waals surface area contributed by atoms with Gasteiger partial charge in [0.25, 0.3) is 0 Å². The van der Waals surface area contributed by atoms with Gasteiger partial charge in [0.2, 0.25) is 0 Å². The number of anilines is 2. The van der Waals surface area contributed by atoms with Crippen LogP contribution in [-0.4, -0.2) is 98.7 Å². The standard InChI is InChI=1S/C37H44N6O5/c1-40-15-8-12-29(40)25-46-36-38-33-23-43(34-22-30(48-26-45-2)21-28-11-6-7-13-31(28)34)16-14-32(33)35(39-36)41-17-19-42(20-18-41)37(44)47-24-27-9-4-3-5-10-27/h3-7,9-11,13,21-22,29H,8,12,14-20,23-26H2,1-2H3/t29-/m0/s1. The summed E-state index contributed by atoms with van der Waals surface area (Å²) in [4.78, 5) is 31.7. The van der Waals surface area contributed by atoms with Gasteiger partial charge >= 0.3 is 12.1 Å². The Bertz CT molecular complexity index is 1710. The van der Waals surface area contributed by atoms with Crippen molar-refractivity contribution in [1.82, 2.24) is 19.8 Å².